The molecule has 3 rings (SSSR count). The molecule has 0 aliphatic rings. The zero-order chi connectivity index (χ0) is 24.0. The molecule has 0 bridgehead atoms. The molecule has 0 aliphatic carbocycles. The summed E-state index contributed by atoms with van der Waals surface area (Å²) >= 11 is 0. The zero-order valence-corrected chi connectivity index (χ0v) is 20.2. The van der Waals surface area contributed by atoms with Gasteiger partial charge < -0.3 is 0 Å². The van der Waals surface area contributed by atoms with Gasteiger partial charge in [0, 0.05) is 6.54 Å². The van der Waals surface area contributed by atoms with Crippen molar-refractivity contribution >= 4 is 22.1 Å². The van der Waals surface area contributed by atoms with Gasteiger partial charge in [0.05, 0.1) is 17.7 Å². The van der Waals surface area contributed by atoms with Crippen molar-refractivity contribution in [2.45, 2.75) is 39.1 Å². The number of carbonyl (C=O) groups excluding carboxylic acids is 1. The van der Waals surface area contributed by atoms with Gasteiger partial charge in [-0.05, 0) is 49.9 Å². The lowest BCUT2D eigenvalue weighted by Crippen LogP contribution is -2.39. The van der Waals surface area contributed by atoms with Crippen LogP contribution in [0.25, 0.3) is 0 Å². The molecule has 0 atom stereocenters. The number of amides is 1. The molecule has 1 amide bonds. The van der Waals surface area contributed by atoms with Crippen molar-refractivity contribution in [2.24, 2.45) is 5.10 Å². The van der Waals surface area contributed by atoms with Crippen molar-refractivity contribution in [1.29, 1.82) is 0 Å². The van der Waals surface area contributed by atoms with Crippen molar-refractivity contribution in [3.8, 4) is 0 Å². The minimum Gasteiger partial charge on any atom is -0.272 e. The van der Waals surface area contributed by atoms with E-state index in [4.69, 9.17) is 0 Å². The van der Waals surface area contributed by atoms with Gasteiger partial charge in [0.1, 0.15) is 0 Å². The molecule has 0 saturated heterocycles. The number of benzene rings is 3. The van der Waals surface area contributed by atoms with Crippen LogP contribution in [-0.4, -0.2) is 31.4 Å². The number of nitrogens with zero attached hydrogens (tertiary/aromatic N) is 2. The maximum atomic E-state index is 13.7. The van der Waals surface area contributed by atoms with Gasteiger partial charge in [-0.15, -0.1) is 0 Å². The van der Waals surface area contributed by atoms with E-state index >= 15 is 0 Å². The summed E-state index contributed by atoms with van der Waals surface area (Å²) in [5.41, 5.74) is 7.50. The molecule has 3 aromatic carbocycles. The first-order chi connectivity index (χ1) is 15.7. The minimum absolute atomic E-state index is 0.0744. The summed E-state index contributed by atoms with van der Waals surface area (Å²) in [6.45, 7) is 7.19. The molecule has 172 valence electrons. The second kappa shape index (κ2) is 10.6. The fourth-order valence-electron chi connectivity index (χ4n) is 3.74. The maximum Gasteiger partial charge on any atom is 0.255 e. The van der Waals surface area contributed by atoms with Gasteiger partial charge in [-0.1, -0.05) is 77.9 Å². The summed E-state index contributed by atoms with van der Waals surface area (Å²) in [7, 11) is -3.93. The van der Waals surface area contributed by atoms with Crippen LogP contribution in [0.15, 0.2) is 76.7 Å². The second-order valence-corrected chi connectivity index (χ2v) is 10.1. The first kappa shape index (κ1) is 24.4. The lowest BCUT2D eigenvalue weighted by atomic mass is 10.1. The van der Waals surface area contributed by atoms with E-state index in [0.717, 1.165) is 22.3 Å². The minimum atomic E-state index is -3.93. The largest absolute Gasteiger partial charge is 0.272 e. The smallest absolute Gasteiger partial charge is 0.255 e. The van der Waals surface area contributed by atoms with E-state index in [0.29, 0.717) is 11.1 Å². The van der Waals surface area contributed by atoms with E-state index in [1.54, 1.807) is 13.8 Å². The Morgan fingerprint density at radius 3 is 2.12 bits per heavy atom. The summed E-state index contributed by atoms with van der Waals surface area (Å²) in [5.74, 6) is -0.514. The highest BCUT2D eigenvalue weighted by atomic mass is 32.2. The van der Waals surface area contributed by atoms with E-state index in [2.05, 4.69) is 10.5 Å². The van der Waals surface area contributed by atoms with Crippen molar-refractivity contribution in [3.63, 3.8) is 0 Å². The first-order valence-corrected chi connectivity index (χ1v) is 12.1. The van der Waals surface area contributed by atoms with Crippen LogP contribution >= 0.6 is 0 Å². The average Bonchev–Trinajstić information content (AvgIpc) is 2.74. The molecular formula is C26H29N3O3S. The number of carbonyl (C=O) groups is 1. The molecule has 0 spiro atoms. The molecule has 6 nitrogen and oxygen atoms in total. The maximum absolute atomic E-state index is 13.7. The third-order valence-electron chi connectivity index (χ3n) is 5.20. The van der Waals surface area contributed by atoms with Crippen LogP contribution in [0.1, 0.15) is 33.4 Å². The molecule has 0 saturated carbocycles. The summed E-state index contributed by atoms with van der Waals surface area (Å²) < 4.78 is 28.5. The van der Waals surface area contributed by atoms with Gasteiger partial charge >= 0.3 is 0 Å². The molecule has 0 fully saturated rings. The van der Waals surface area contributed by atoms with Gasteiger partial charge in [0.25, 0.3) is 5.91 Å². The van der Waals surface area contributed by atoms with Crippen molar-refractivity contribution in [2.75, 3.05) is 6.54 Å². The molecule has 33 heavy (non-hydrogen) atoms. The van der Waals surface area contributed by atoms with Gasteiger partial charge in [-0.2, -0.15) is 9.41 Å². The molecule has 0 radical (unpaired) electrons. The van der Waals surface area contributed by atoms with Crippen molar-refractivity contribution in [3.05, 3.63) is 100 Å². The molecule has 0 unspecified atom stereocenters. The Labute approximate surface area is 196 Å². The summed E-state index contributed by atoms with van der Waals surface area (Å²) in [6.07, 6.45) is 1.53. The number of rotatable bonds is 8. The predicted octanol–water partition coefficient (Wildman–Crippen LogP) is 4.26. The monoisotopic (exact) mass is 463 g/mol. The Hall–Kier alpha value is -3.29. The zero-order valence-electron chi connectivity index (χ0n) is 19.4. The van der Waals surface area contributed by atoms with Crippen molar-refractivity contribution in [1.82, 2.24) is 9.73 Å². The lowest BCUT2D eigenvalue weighted by Gasteiger charge is -2.24. The fraction of sp³-hybridized carbons (Fsp3) is 0.231. The second-order valence-electron chi connectivity index (χ2n) is 8.19. The van der Waals surface area contributed by atoms with Crippen LogP contribution in [-0.2, 0) is 21.4 Å². The first-order valence-electron chi connectivity index (χ1n) is 10.7. The Morgan fingerprint density at radius 1 is 0.909 bits per heavy atom. The number of hydrazone groups is 1. The Balaban J connectivity index is 1.85. The SMILES string of the molecule is Cc1ccc(/C=N\NC(=O)CN(Cc2ccccc2)S(=O)(=O)c2c(C)cc(C)cc2C)cc1. The molecule has 0 aliphatic heterocycles. The van der Waals surface area contributed by atoms with Crippen LogP contribution < -0.4 is 5.43 Å². The normalized spacial score (nSPS) is 11.8. The van der Waals surface area contributed by atoms with E-state index in [9.17, 15) is 13.2 Å². The standard InChI is InChI=1S/C26H29N3O3S/c1-19-10-12-23(13-11-19)16-27-28-25(30)18-29(17-24-8-6-5-7-9-24)33(31,32)26-21(3)14-20(2)15-22(26)4/h5-16H,17-18H2,1-4H3,(H,28,30)/b27-16-. The molecule has 0 aromatic heterocycles. The Bertz CT molecular complexity index is 1230. The number of sulfonamides is 1. The molecule has 3 aromatic rings. The molecule has 7 heteroatoms. The highest BCUT2D eigenvalue weighted by molar-refractivity contribution is 7.89. The van der Waals surface area contributed by atoms with Crippen LogP contribution in [0.4, 0.5) is 0 Å². The number of nitrogens with one attached hydrogen (secondary N) is 1. The molecule has 1 N–H and O–H groups in total. The third kappa shape index (κ3) is 6.37. The fourth-order valence-corrected chi connectivity index (χ4v) is 5.54. The van der Waals surface area contributed by atoms with E-state index in [1.165, 1.54) is 10.5 Å². The van der Waals surface area contributed by atoms with E-state index in [1.807, 2.05) is 80.6 Å². The van der Waals surface area contributed by atoms with Crippen LogP contribution in [0.3, 0.4) is 0 Å². The van der Waals surface area contributed by atoms with Gasteiger partial charge in [-0.3, -0.25) is 4.79 Å². The molecule has 0 heterocycles. The number of hydrogen-bond donors (Lipinski definition) is 1. The van der Waals surface area contributed by atoms with Crippen LogP contribution in [0, 0.1) is 27.7 Å². The summed E-state index contributed by atoms with van der Waals surface area (Å²) in [4.78, 5) is 12.9. The Morgan fingerprint density at radius 2 is 1.52 bits per heavy atom. The molecular weight excluding hydrogens is 434 g/mol. The van der Waals surface area contributed by atoms with Crippen LogP contribution in [0.2, 0.25) is 0 Å². The number of hydrogen-bond acceptors (Lipinski definition) is 4. The average molecular weight is 464 g/mol. The van der Waals surface area contributed by atoms with Crippen molar-refractivity contribution < 1.29 is 13.2 Å². The van der Waals surface area contributed by atoms with Gasteiger partial charge in [0.2, 0.25) is 10.0 Å². The number of aryl methyl sites for hydroxylation is 4. The highest BCUT2D eigenvalue weighted by Gasteiger charge is 2.29. The van der Waals surface area contributed by atoms with E-state index < -0.39 is 15.9 Å². The lowest BCUT2D eigenvalue weighted by molar-refractivity contribution is -0.121. The topological polar surface area (TPSA) is 78.8 Å². The van der Waals surface area contributed by atoms with Crippen LogP contribution in [0.5, 0.6) is 0 Å². The van der Waals surface area contributed by atoms with E-state index in [-0.39, 0.29) is 18.0 Å². The predicted molar refractivity (Wildman–Crippen MR) is 132 cm³/mol. The summed E-state index contributed by atoms with van der Waals surface area (Å²) in [6, 6.07) is 20.6. The third-order valence-corrected chi connectivity index (χ3v) is 7.30. The quantitative estimate of drug-likeness (QED) is 0.400. The summed E-state index contributed by atoms with van der Waals surface area (Å²) in [5, 5.41) is 3.99. The highest BCUT2D eigenvalue weighted by Crippen LogP contribution is 2.26. The van der Waals surface area contributed by atoms with Gasteiger partial charge in [0.15, 0.2) is 0 Å². The Kier molecular flexibility index (Phi) is 7.79. The van der Waals surface area contributed by atoms with Gasteiger partial charge in [-0.25, -0.2) is 13.8 Å².